The van der Waals surface area contributed by atoms with Crippen molar-refractivity contribution < 1.29 is 13.2 Å². The van der Waals surface area contributed by atoms with Crippen LogP contribution in [0.2, 0.25) is 0 Å². The van der Waals surface area contributed by atoms with Crippen LogP contribution in [0.25, 0.3) is 10.8 Å². The van der Waals surface area contributed by atoms with Crippen LogP contribution in [0.15, 0.2) is 30.5 Å². The van der Waals surface area contributed by atoms with Crippen molar-refractivity contribution in [1.82, 2.24) is 10.3 Å². The van der Waals surface area contributed by atoms with E-state index in [1.54, 1.807) is 12.1 Å². The van der Waals surface area contributed by atoms with Gasteiger partial charge in [-0.25, -0.2) is 0 Å². The molecule has 1 atom stereocenters. The molecule has 1 saturated heterocycles. The number of hydrogen-bond donors (Lipinski definition) is 1. The number of pyridine rings is 1. The number of nitrogens with one attached hydrogen (secondary N) is 1. The van der Waals surface area contributed by atoms with Crippen LogP contribution < -0.4 is 5.32 Å². The molecule has 1 fully saturated rings. The molecule has 0 saturated carbocycles. The number of halogens is 3. The Morgan fingerprint density at radius 3 is 2.67 bits per heavy atom. The predicted octanol–water partition coefficient (Wildman–Crippen LogP) is 3.29. The fraction of sp³-hybridized carbons (Fsp3) is 0.308. The van der Waals surface area contributed by atoms with Gasteiger partial charge in [-0.15, -0.1) is 0 Å². The summed E-state index contributed by atoms with van der Waals surface area (Å²) in [7, 11) is 0. The second kappa shape index (κ2) is 3.95. The van der Waals surface area contributed by atoms with Gasteiger partial charge in [0.05, 0.1) is 0 Å². The van der Waals surface area contributed by atoms with Gasteiger partial charge in [0, 0.05) is 17.6 Å². The molecule has 2 nitrogen and oxygen atoms in total. The molecule has 3 rings (SSSR count). The summed E-state index contributed by atoms with van der Waals surface area (Å²) in [6, 6.07) is 6.77. The van der Waals surface area contributed by atoms with Crippen LogP contribution in [0.4, 0.5) is 13.2 Å². The standard InChI is InChI=1S/C13H11F3N2/c14-13(15,16)12-6-8-2-1-3-9(10(8)7-18-12)11-4-5-17-11/h1-3,6-7,11,17H,4-5H2. The Bertz CT molecular complexity index is 588. The smallest absolute Gasteiger partial charge is 0.310 e. The lowest BCUT2D eigenvalue weighted by molar-refractivity contribution is -0.141. The minimum absolute atomic E-state index is 0.243. The molecule has 18 heavy (non-hydrogen) atoms. The molecule has 94 valence electrons. The minimum Gasteiger partial charge on any atom is -0.310 e. The van der Waals surface area contributed by atoms with Gasteiger partial charge < -0.3 is 5.32 Å². The van der Waals surface area contributed by atoms with Crippen LogP contribution in [0, 0.1) is 0 Å². The van der Waals surface area contributed by atoms with E-state index in [0.29, 0.717) is 5.39 Å². The number of alkyl halides is 3. The van der Waals surface area contributed by atoms with Crippen molar-refractivity contribution in [2.24, 2.45) is 0 Å². The maximum atomic E-state index is 12.6. The summed E-state index contributed by atoms with van der Waals surface area (Å²) in [4.78, 5) is 3.53. The molecule has 0 aliphatic carbocycles. The Morgan fingerprint density at radius 2 is 2.06 bits per heavy atom. The van der Waals surface area contributed by atoms with Crippen molar-refractivity contribution in [3.05, 3.63) is 41.7 Å². The second-order valence-corrected chi connectivity index (χ2v) is 4.43. The van der Waals surface area contributed by atoms with E-state index in [1.165, 1.54) is 6.20 Å². The van der Waals surface area contributed by atoms with E-state index in [1.807, 2.05) is 6.07 Å². The number of hydrogen-bond acceptors (Lipinski definition) is 2. The van der Waals surface area contributed by atoms with Gasteiger partial charge in [0.25, 0.3) is 0 Å². The molecule has 1 aliphatic rings. The van der Waals surface area contributed by atoms with Crippen LogP contribution >= 0.6 is 0 Å². The molecular formula is C13H11F3N2. The van der Waals surface area contributed by atoms with Gasteiger partial charge in [0.1, 0.15) is 5.69 Å². The average Bonchev–Trinajstić information content (AvgIpc) is 2.25. The van der Waals surface area contributed by atoms with E-state index in [9.17, 15) is 13.2 Å². The molecule has 1 aromatic heterocycles. The van der Waals surface area contributed by atoms with Crippen molar-refractivity contribution in [3.8, 4) is 0 Å². The third-order valence-electron chi connectivity index (χ3n) is 3.29. The van der Waals surface area contributed by atoms with Gasteiger partial charge >= 0.3 is 6.18 Å². The third kappa shape index (κ3) is 1.84. The highest BCUT2D eigenvalue weighted by Crippen LogP contribution is 2.33. The van der Waals surface area contributed by atoms with Gasteiger partial charge in [0.15, 0.2) is 0 Å². The molecule has 2 heterocycles. The Morgan fingerprint density at radius 1 is 1.28 bits per heavy atom. The highest BCUT2D eigenvalue weighted by Gasteiger charge is 2.32. The average molecular weight is 252 g/mol. The predicted molar refractivity (Wildman–Crippen MR) is 62.1 cm³/mol. The quantitative estimate of drug-likeness (QED) is 0.842. The first kappa shape index (κ1) is 11.5. The number of benzene rings is 1. The van der Waals surface area contributed by atoms with Gasteiger partial charge in [-0.05, 0) is 30.0 Å². The Kier molecular flexibility index (Phi) is 2.52. The van der Waals surface area contributed by atoms with Crippen molar-refractivity contribution in [1.29, 1.82) is 0 Å². The van der Waals surface area contributed by atoms with E-state index in [4.69, 9.17) is 0 Å². The lowest BCUT2D eigenvalue weighted by Crippen LogP contribution is -2.35. The molecule has 5 heteroatoms. The lowest BCUT2D eigenvalue weighted by Gasteiger charge is -2.29. The topological polar surface area (TPSA) is 24.9 Å². The summed E-state index contributed by atoms with van der Waals surface area (Å²) in [6.45, 7) is 0.953. The number of aromatic nitrogens is 1. The van der Waals surface area contributed by atoms with E-state index in [2.05, 4.69) is 10.3 Å². The van der Waals surface area contributed by atoms with Crippen molar-refractivity contribution in [2.45, 2.75) is 18.6 Å². The van der Waals surface area contributed by atoms with Crippen LogP contribution in [0.3, 0.4) is 0 Å². The molecular weight excluding hydrogens is 241 g/mol. The Balaban J connectivity index is 2.13. The van der Waals surface area contributed by atoms with Crippen molar-refractivity contribution >= 4 is 10.8 Å². The van der Waals surface area contributed by atoms with Crippen molar-refractivity contribution in [3.63, 3.8) is 0 Å². The van der Waals surface area contributed by atoms with Crippen LogP contribution in [0.1, 0.15) is 23.7 Å². The zero-order chi connectivity index (χ0) is 12.8. The maximum absolute atomic E-state index is 12.6. The molecule has 0 amide bonds. The highest BCUT2D eigenvalue weighted by atomic mass is 19.4. The van der Waals surface area contributed by atoms with E-state index < -0.39 is 11.9 Å². The van der Waals surface area contributed by atoms with Gasteiger partial charge in [-0.2, -0.15) is 13.2 Å². The van der Waals surface area contributed by atoms with E-state index in [0.717, 1.165) is 30.0 Å². The number of nitrogens with zero attached hydrogens (tertiary/aromatic N) is 1. The zero-order valence-electron chi connectivity index (χ0n) is 9.46. The van der Waals surface area contributed by atoms with Gasteiger partial charge in [0.2, 0.25) is 0 Å². The maximum Gasteiger partial charge on any atom is 0.433 e. The minimum atomic E-state index is -4.39. The first-order valence-corrected chi connectivity index (χ1v) is 5.75. The molecule has 0 spiro atoms. The van der Waals surface area contributed by atoms with Crippen LogP contribution in [-0.4, -0.2) is 11.5 Å². The first-order chi connectivity index (χ1) is 8.55. The van der Waals surface area contributed by atoms with Crippen LogP contribution in [0.5, 0.6) is 0 Å². The number of rotatable bonds is 1. The second-order valence-electron chi connectivity index (χ2n) is 4.43. The summed E-state index contributed by atoms with van der Waals surface area (Å²) >= 11 is 0. The number of fused-ring (bicyclic) bond motifs is 1. The molecule has 1 unspecified atom stereocenters. The molecule has 0 radical (unpaired) electrons. The summed E-state index contributed by atoms with van der Waals surface area (Å²) in [6.07, 6.45) is -2.05. The largest absolute Gasteiger partial charge is 0.433 e. The Labute approximate surface area is 102 Å². The molecule has 1 aliphatic heterocycles. The fourth-order valence-corrected chi connectivity index (χ4v) is 2.21. The SMILES string of the molecule is FC(F)(F)c1cc2cccc(C3CCN3)c2cn1. The molecule has 1 N–H and O–H groups in total. The Hall–Kier alpha value is -1.62. The highest BCUT2D eigenvalue weighted by molar-refractivity contribution is 5.85. The summed E-state index contributed by atoms with van der Waals surface area (Å²) in [5, 5.41) is 4.63. The van der Waals surface area contributed by atoms with Crippen LogP contribution in [-0.2, 0) is 6.18 Å². The lowest BCUT2D eigenvalue weighted by atomic mass is 9.93. The third-order valence-corrected chi connectivity index (χ3v) is 3.29. The van der Waals surface area contributed by atoms with Crippen molar-refractivity contribution in [2.75, 3.05) is 6.54 Å². The summed E-state index contributed by atoms with van der Waals surface area (Å²) in [5.41, 5.74) is 0.189. The van der Waals surface area contributed by atoms with Gasteiger partial charge in [-0.3, -0.25) is 4.98 Å². The monoisotopic (exact) mass is 252 g/mol. The summed E-state index contributed by atoms with van der Waals surface area (Å²) in [5.74, 6) is 0. The molecule has 1 aromatic carbocycles. The molecule has 2 aromatic rings. The zero-order valence-corrected chi connectivity index (χ0v) is 9.46. The normalized spacial score (nSPS) is 19.8. The first-order valence-electron chi connectivity index (χ1n) is 5.75. The fourth-order valence-electron chi connectivity index (χ4n) is 2.21. The van der Waals surface area contributed by atoms with Gasteiger partial charge in [-0.1, -0.05) is 18.2 Å². The van der Waals surface area contributed by atoms with E-state index >= 15 is 0 Å². The molecule has 0 bridgehead atoms. The summed E-state index contributed by atoms with van der Waals surface area (Å²) < 4.78 is 37.7. The van der Waals surface area contributed by atoms with E-state index in [-0.39, 0.29) is 6.04 Å².